The van der Waals surface area contributed by atoms with Crippen LogP contribution in [0, 0.1) is 6.92 Å². The lowest BCUT2D eigenvalue weighted by atomic mass is 9.94. The molecule has 2 aromatic carbocycles. The minimum absolute atomic E-state index is 0.0655. The fraction of sp³-hybridized carbons (Fsp3) is 0.227. The molecule has 7 heteroatoms. The fourth-order valence-corrected chi connectivity index (χ4v) is 4.44. The van der Waals surface area contributed by atoms with E-state index >= 15 is 0 Å². The number of hydrogen-bond acceptors (Lipinski definition) is 4. The van der Waals surface area contributed by atoms with Crippen LogP contribution in [0.1, 0.15) is 32.9 Å². The largest absolute Gasteiger partial charge is 0.394 e. The second-order valence-corrected chi connectivity index (χ2v) is 9.08. The molecule has 0 bridgehead atoms. The summed E-state index contributed by atoms with van der Waals surface area (Å²) in [5, 5.41) is 15.7. The van der Waals surface area contributed by atoms with Gasteiger partial charge in [0.1, 0.15) is 4.75 Å². The molecule has 1 unspecified atom stereocenters. The highest BCUT2D eigenvalue weighted by atomic mass is 32.2. The molecule has 3 N–H and O–H groups in total. The number of hydrogen-bond donors (Lipinski definition) is 2. The number of nitrogens with two attached hydrogens (primary N) is 1. The predicted octanol–water partition coefficient (Wildman–Crippen LogP) is 2.28. The van der Waals surface area contributed by atoms with Crippen LogP contribution in [0.4, 0.5) is 0 Å². The first-order chi connectivity index (χ1) is 13.7. The number of aliphatic hydroxyl groups is 1. The van der Waals surface area contributed by atoms with Gasteiger partial charge in [-0.2, -0.15) is 0 Å². The Kier molecular flexibility index (Phi) is 5.75. The first-order valence-corrected chi connectivity index (χ1v) is 10.7. The Balaban J connectivity index is 2.03. The van der Waals surface area contributed by atoms with Crippen molar-refractivity contribution in [3.63, 3.8) is 0 Å². The van der Waals surface area contributed by atoms with Crippen LogP contribution in [-0.4, -0.2) is 30.5 Å². The van der Waals surface area contributed by atoms with Gasteiger partial charge in [0.15, 0.2) is 0 Å². The Hall–Kier alpha value is -2.74. The van der Waals surface area contributed by atoms with Crippen molar-refractivity contribution in [3.8, 4) is 0 Å². The van der Waals surface area contributed by atoms with Crippen molar-refractivity contribution in [2.45, 2.75) is 18.1 Å². The van der Waals surface area contributed by atoms with Crippen molar-refractivity contribution in [1.82, 2.24) is 4.57 Å². The van der Waals surface area contributed by atoms with Crippen LogP contribution in [0.2, 0.25) is 0 Å². The van der Waals surface area contributed by atoms with Crippen molar-refractivity contribution < 1.29 is 18.3 Å². The standard InChI is InChI=1S/C22H24N2O4S/c1-16-8-10-17(11-9-16)21(26)20-13-12-19(24(20)2)14-22(15-25,29(23,27)28)18-6-4-3-5-7-18/h3-13,25H,14-15H2,1-2H3,(H2,23,27,28). The van der Waals surface area contributed by atoms with Crippen molar-refractivity contribution in [2.24, 2.45) is 12.2 Å². The van der Waals surface area contributed by atoms with E-state index in [1.54, 1.807) is 66.2 Å². The van der Waals surface area contributed by atoms with Gasteiger partial charge in [0.05, 0.1) is 12.3 Å². The summed E-state index contributed by atoms with van der Waals surface area (Å²) in [6, 6.07) is 19.0. The van der Waals surface area contributed by atoms with Gasteiger partial charge in [0, 0.05) is 24.7 Å². The SMILES string of the molecule is Cc1ccc(C(=O)c2ccc(CC(CO)(c3ccccc3)S(N)(=O)=O)n2C)cc1. The van der Waals surface area contributed by atoms with Crippen LogP contribution in [-0.2, 0) is 28.2 Å². The molecule has 152 valence electrons. The van der Waals surface area contributed by atoms with E-state index in [9.17, 15) is 18.3 Å². The van der Waals surface area contributed by atoms with E-state index in [4.69, 9.17) is 5.14 Å². The van der Waals surface area contributed by atoms with E-state index in [1.807, 2.05) is 19.1 Å². The molecule has 3 aromatic rings. The van der Waals surface area contributed by atoms with Crippen LogP contribution in [0.15, 0.2) is 66.7 Å². The molecule has 3 rings (SSSR count). The summed E-state index contributed by atoms with van der Waals surface area (Å²) in [6.07, 6.45) is -0.0655. The van der Waals surface area contributed by atoms with Gasteiger partial charge in [-0.25, -0.2) is 13.6 Å². The van der Waals surface area contributed by atoms with Crippen molar-refractivity contribution in [1.29, 1.82) is 0 Å². The van der Waals surface area contributed by atoms with Crippen molar-refractivity contribution in [3.05, 3.63) is 94.8 Å². The van der Waals surface area contributed by atoms with Gasteiger partial charge in [0.25, 0.3) is 0 Å². The topological polar surface area (TPSA) is 102 Å². The normalized spacial score (nSPS) is 13.8. The van der Waals surface area contributed by atoms with Crippen molar-refractivity contribution >= 4 is 15.8 Å². The summed E-state index contributed by atoms with van der Waals surface area (Å²) in [4.78, 5) is 12.9. The first kappa shape index (κ1) is 21.0. The smallest absolute Gasteiger partial charge is 0.221 e. The molecule has 0 amide bonds. The molecule has 1 atom stereocenters. The molecular formula is C22H24N2O4S. The summed E-state index contributed by atoms with van der Waals surface area (Å²) >= 11 is 0. The van der Waals surface area contributed by atoms with Gasteiger partial charge in [-0.1, -0.05) is 60.2 Å². The number of rotatable bonds is 7. The molecule has 0 radical (unpaired) electrons. The highest BCUT2D eigenvalue weighted by molar-refractivity contribution is 7.90. The summed E-state index contributed by atoms with van der Waals surface area (Å²) in [7, 11) is -2.46. The van der Waals surface area contributed by atoms with E-state index in [2.05, 4.69) is 0 Å². The number of aromatic nitrogens is 1. The second kappa shape index (κ2) is 7.94. The van der Waals surface area contributed by atoms with Crippen molar-refractivity contribution in [2.75, 3.05) is 6.61 Å². The van der Waals surface area contributed by atoms with E-state index in [-0.39, 0.29) is 12.2 Å². The summed E-state index contributed by atoms with van der Waals surface area (Å²) in [5.41, 5.74) is 3.01. The molecule has 1 heterocycles. The second-order valence-electron chi connectivity index (χ2n) is 7.20. The Morgan fingerprint density at radius 3 is 2.21 bits per heavy atom. The minimum atomic E-state index is -4.16. The minimum Gasteiger partial charge on any atom is -0.394 e. The average Bonchev–Trinajstić information content (AvgIpc) is 3.06. The average molecular weight is 413 g/mol. The fourth-order valence-electron chi connectivity index (χ4n) is 3.45. The lowest BCUT2D eigenvalue weighted by Gasteiger charge is -2.30. The molecule has 0 saturated heterocycles. The van der Waals surface area contributed by atoms with Crippen LogP contribution in [0.5, 0.6) is 0 Å². The number of nitrogens with zero attached hydrogens (tertiary/aromatic N) is 1. The maximum Gasteiger partial charge on any atom is 0.221 e. The third-order valence-corrected chi connectivity index (χ3v) is 6.94. The highest BCUT2D eigenvalue weighted by Gasteiger charge is 2.44. The van der Waals surface area contributed by atoms with Crippen LogP contribution < -0.4 is 5.14 Å². The van der Waals surface area contributed by atoms with Gasteiger partial charge in [-0.05, 0) is 24.6 Å². The number of benzene rings is 2. The zero-order valence-electron chi connectivity index (χ0n) is 16.4. The molecule has 0 aliphatic heterocycles. The predicted molar refractivity (Wildman–Crippen MR) is 112 cm³/mol. The molecule has 6 nitrogen and oxygen atoms in total. The lowest BCUT2D eigenvalue weighted by Crippen LogP contribution is -2.46. The van der Waals surface area contributed by atoms with E-state index in [0.717, 1.165) is 5.56 Å². The van der Waals surface area contributed by atoms with Crippen LogP contribution >= 0.6 is 0 Å². The molecule has 0 aliphatic carbocycles. The number of ketones is 1. The molecule has 0 spiro atoms. The number of carbonyl (C=O) groups excluding carboxylic acids is 1. The molecular weight excluding hydrogens is 388 g/mol. The Bertz CT molecular complexity index is 1120. The third-order valence-electron chi connectivity index (χ3n) is 5.34. The monoisotopic (exact) mass is 412 g/mol. The van der Waals surface area contributed by atoms with Crippen LogP contribution in [0.25, 0.3) is 0 Å². The first-order valence-electron chi connectivity index (χ1n) is 9.14. The number of aliphatic hydroxyl groups excluding tert-OH is 1. The summed E-state index contributed by atoms with van der Waals surface area (Å²) in [5.74, 6) is -0.163. The van der Waals surface area contributed by atoms with E-state index in [1.165, 1.54) is 0 Å². The molecule has 1 aromatic heterocycles. The molecule has 29 heavy (non-hydrogen) atoms. The maximum absolute atomic E-state index is 12.9. The molecule has 0 fully saturated rings. The molecule has 0 saturated carbocycles. The zero-order chi connectivity index (χ0) is 21.2. The Morgan fingerprint density at radius 2 is 1.66 bits per heavy atom. The number of carbonyl (C=O) groups is 1. The summed E-state index contributed by atoms with van der Waals surface area (Å²) in [6.45, 7) is 1.27. The van der Waals surface area contributed by atoms with E-state index < -0.39 is 21.4 Å². The highest BCUT2D eigenvalue weighted by Crippen LogP contribution is 2.33. The lowest BCUT2D eigenvalue weighted by molar-refractivity contribution is 0.103. The maximum atomic E-state index is 12.9. The van der Waals surface area contributed by atoms with Gasteiger partial charge in [0.2, 0.25) is 15.8 Å². The quantitative estimate of drug-likeness (QED) is 0.581. The number of primary sulfonamides is 1. The third kappa shape index (κ3) is 3.89. The Labute approximate surface area is 170 Å². The van der Waals surface area contributed by atoms with Gasteiger partial charge in [-0.3, -0.25) is 4.79 Å². The van der Waals surface area contributed by atoms with Crippen LogP contribution in [0.3, 0.4) is 0 Å². The van der Waals surface area contributed by atoms with E-state index in [0.29, 0.717) is 22.5 Å². The van der Waals surface area contributed by atoms with Gasteiger partial charge in [-0.15, -0.1) is 0 Å². The zero-order valence-corrected chi connectivity index (χ0v) is 17.2. The molecule has 0 aliphatic rings. The van der Waals surface area contributed by atoms with Gasteiger partial charge < -0.3 is 9.67 Å². The Morgan fingerprint density at radius 1 is 1.03 bits per heavy atom. The number of aryl methyl sites for hydroxylation is 1. The summed E-state index contributed by atoms with van der Waals surface area (Å²) < 4.78 is 25.0. The van der Waals surface area contributed by atoms with Gasteiger partial charge >= 0.3 is 0 Å². The number of sulfonamides is 1.